The highest BCUT2D eigenvalue weighted by Crippen LogP contribution is 2.03. The molecule has 1 fully saturated rings. The average Bonchev–Trinajstić information content (AvgIpc) is 2.19. The lowest BCUT2D eigenvalue weighted by Crippen LogP contribution is -2.20. The molecule has 0 bridgehead atoms. The normalized spacial score (nSPS) is 21.5. The van der Waals surface area contributed by atoms with Crippen molar-refractivity contribution in [1.82, 2.24) is 4.90 Å². The Labute approximate surface area is 49.5 Å². The van der Waals surface area contributed by atoms with E-state index in [1.807, 2.05) is 0 Å². The van der Waals surface area contributed by atoms with Gasteiger partial charge in [-0.05, 0) is 19.4 Å². The Kier molecular flexibility index (Phi) is 2.03. The summed E-state index contributed by atoms with van der Waals surface area (Å²) in [6, 6.07) is 0. The number of hydrogen-bond donors (Lipinski definition) is 0. The predicted octanol–water partition coefficient (Wildman–Crippen LogP) is 0.0953. The molecule has 0 aromatic carbocycles. The fourth-order valence-corrected chi connectivity index (χ4v) is 0.910. The molecule has 1 aliphatic rings. The monoisotopic (exact) mass is 112 g/mol. The van der Waals surface area contributed by atoms with Crippen LogP contribution in [-0.4, -0.2) is 30.8 Å². The number of carbonyl (C=O) groups excluding carboxylic acids is 1. The maximum Gasteiger partial charge on any atom is 0.133 e. The number of likely N-dealkylation sites (tertiary alicyclic amines) is 1. The van der Waals surface area contributed by atoms with Gasteiger partial charge in [-0.3, -0.25) is 4.90 Å². The molecule has 45 valence electrons. The van der Waals surface area contributed by atoms with E-state index in [-0.39, 0.29) is 0 Å². The van der Waals surface area contributed by atoms with Crippen molar-refractivity contribution in [3.05, 3.63) is 6.42 Å². The SMILES string of the molecule is O=CCN1C[CH]CC1. The first kappa shape index (κ1) is 5.76. The lowest BCUT2D eigenvalue weighted by Gasteiger charge is -2.07. The van der Waals surface area contributed by atoms with Crippen LogP contribution in [0, 0.1) is 6.42 Å². The van der Waals surface area contributed by atoms with Crippen LogP contribution in [0.25, 0.3) is 0 Å². The van der Waals surface area contributed by atoms with Crippen molar-refractivity contribution < 1.29 is 4.79 Å². The summed E-state index contributed by atoms with van der Waals surface area (Å²) in [6.45, 7) is 2.67. The van der Waals surface area contributed by atoms with E-state index < -0.39 is 0 Å². The maximum atomic E-state index is 9.91. The first-order valence-electron chi connectivity index (χ1n) is 2.91. The molecule has 0 spiro atoms. The Balaban J connectivity index is 2.14. The van der Waals surface area contributed by atoms with Gasteiger partial charge in [-0.15, -0.1) is 0 Å². The average molecular weight is 112 g/mol. The van der Waals surface area contributed by atoms with Gasteiger partial charge in [0.2, 0.25) is 0 Å². The summed E-state index contributed by atoms with van der Waals surface area (Å²) in [5.74, 6) is 0. The molecule has 0 unspecified atom stereocenters. The van der Waals surface area contributed by atoms with Crippen LogP contribution in [0.4, 0.5) is 0 Å². The molecule has 0 atom stereocenters. The molecule has 0 N–H and O–H groups in total. The third kappa shape index (κ3) is 1.30. The van der Waals surface area contributed by atoms with E-state index >= 15 is 0 Å². The molecule has 1 heterocycles. The standard InChI is InChI=1S/C6H10NO/c8-6-5-7-3-1-2-4-7/h1,6H,2-5H2. The van der Waals surface area contributed by atoms with E-state index in [0.29, 0.717) is 6.54 Å². The van der Waals surface area contributed by atoms with Gasteiger partial charge in [0, 0.05) is 6.54 Å². The molecule has 0 aromatic rings. The van der Waals surface area contributed by atoms with Gasteiger partial charge in [0.05, 0.1) is 6.54 Å². The second-order valence-corrected chi connectivity index (χ2v) is 2.00. The molecule has 2 nitrogen and oxygen atoms in total. The summed E-state index contributed by atoms with van der Waals surface area (Å²) in [5, 5.41) is 0. The highest BCUT2D eigenvalue weighted by atomic mass is 16.1. The molecule has 8 heavy (non-hydrogen) atoms. The van der Waals surface area contributed by atoms with Gasteiger partial charge < -0.3 is 4.79 Å². The topological polar surface area (TPSA) is 20.3 Å². The van der Waals surface area contributed by atoms with Crippen LogP contribution >= 0.6 is 0 Å². The van der Waals surface area contributed by atoms with Gasteiger partial charge in [0.15, 0.2) is 0 Å². The van der Waals surface area contributed by atoms with E-state index in [0.717, 1.165) is 25.8 Å². The highest BCUT2D eigenvalue weighted by Gasteiger charge is 2.09. The van der Waals surface area contributed by atoms with E-state index in [1.165, 1.54) is 0 Å². The zero-order valence-electron chi connectivity index (χ0n) is 4.84. The summed E-state index contributed by atoms with van der Waals surface area (Å²) >= 11 is 0. The smallest absolute Gasteiger partial charge is 0.133 e. The van der Waals surface area contributed by atoms with Crippen molar-refractivity contribution >= 4 is 6.29 Å². The van der Waals surface area contributed by atoms with Crippen LogP contribution in [0.1, 0.15) is 6.42 Å². The minimum absolute atomic E-state index is 0.608. The second kappa shape index (κ2) is 2.82. The van der Waals surface area contributed by atoms with Gasteiger partial charge >= 0.3 is 0 Å². The fraction of sp³-hybridized carbons (Fsp3) is 0.667. The van der Waals surface area contributed by atoms with Crippen LogP contribution in [0.15, 0.2) is 0 Å². The quantitative estimate of drug-likeness (QED) is 0.472. The van der Waals surface area contributed by atoms with E-state index in [1.54, 1.807) is 0 Å². The van der Waals surface area contributed by atoms with Crippen LogP contribution < -0.4 is 0 Å². The van der Waals surface area contributed by atoms with E-state index in [4.69, 9.17) is 0 Å². The molecule has 0 aliphatic carbocycles. The van der Waals surface area contributed by atoms with Gasteiger partial charge in [-0.2, -0.15) is 0 Å². The number of aldehydes is 1. The van der Waals surface area contributed by atoms with Crippen molar-refractivity contribution in [2.45, 2.75) is 6.42 Å². The number of carbonyl (C=O) groups is 1. The van der Waals surface area contributed by atoms with E-state index in [2.05, 4.69) is 11.3 Å². The summed E-state index contributed by atoms with van der Waals surface area (Å²) in [5.41, 5.74) is 0. The maximum absolute atomic E-state index is 9.91. The zero-order chi connectivity index (χ0) is 5.82. The van der Waals surface area contributed by atoms with E-state index in [9.17, 15) is 4.79 Å². The molecule has 1 rings (SSSR count). The van der Waals surface area contributed by atoms with Gasteiger partial charge in [0.1, 0.15) is 6.29 Å². The second-order valence-electron chi connectivity index (χ2n) is 2.00. The Morgan fingerprint density at radius 3 is 3.12 bits per heavy atom. The number of rotatable bonds is 2. The molecular weight excluding hydrogens is 102 g/mol. The van der Waals surface area contributed by atoms with Crippen LogP contribution in [0.2, 0.25) is 0 Å². The summed E-state index contributed by atoms with van der Waals surface area (Å²) in [4.78, 5) is 12.0. The highest BCUT2D eigenvalue weighted by molar-refractivity contribution is 5.52. The lowest BCUT2D eigenvalue weighted by atomic mass is 10.4. The molecular formula is C6H10NO. The zero-order valence-corrected chi connectivity index (χ0v) is 4.84. The van der Waals surface area contributed by atoms with Crippen molar-refractivity contribution in [2.24, 2.45) is 0 Å². The van der Waals surface area contributed by atoms with Gasteiger partial charge in [0.25, 0.3) is 0 Å². The summed E-state index contributed by atoms with van der Waals surface area (Å²) < 4.78 is 0. The minimum atomic E-state index is 0.608. The first-order chi connectivity index (χ1) is 3.93. The fourth-order valence-electron chi connectivity index (χ4n) is 0.910. The molecule has 0 aromatic heterocycles. The third-order valence-electron chi connectivity index (χ3n) is 1.37. The molecule has 1 aliphatic heterocycles. The van der Waals surface area contributed by atoms with Gasteiger partial charge in [-0.1, -0.05) is 0 Å². The molecule has 2 heteroatoms. The van der Waals surface area contributed by atoms with Crippen molar-refractivity contribution in [2.75, 3.05) is 19.6 Å². The summed E-state index contributed by atoms with van der Waals surface area (Å²) in [6.07, 6.45) is 4.30. The largest absolute Gasteiger partial charge is 0.302 e. The molecule has 1 saturated heterocycles. The Hall–Kier alpha value is -0.370. The van der Waals surface area contributed by atoms with Crippen molar-refractivity contribution in [1.29, 1.82) is 0 Å². The molecule has 1 radical (unpaired) electrons. The minimum Gasteiger partial charge on any atom is -0.302 e. The first-order valence-corrected chi connectivity index (χ1v) is 2.91. The van der Waals surface area contributed by atoms with Gasteiger partial charge in [-0.25, -0.2) is 0 Å². The Bertz CT molecular complexity index is 76.6. The Morgan fingerprint density at radius 2 is 2.62 bits per heavy atom. The number of nitrogens with zero attached hydrogens (tertiary/aromatic N) is 1. The predicted molar refractivity (Wildman–Crippen MR) is 31.4 cm³/mol. The van der Waals surface area contributed by atoms with Crippen molar-refractivity contribution in [3.63, 3.8) is 0 Å². The molecule has 0 amide bonds. The molecule has 0 saturated carbocycles. The Morgan fingerprint density at radius 1 is 1.75 bits per heavy atom. The number of hydrogen-bond acceptors (Lipinski definition) is 2. The third-order valence-corrected chi connectivity index (χ3v) is 1.37. The van der Waals surface area contributed by atoms with Crippen LogP contribution in [-0.2, 0) is 4.79 Å². The van der Waals surface area contributed by atoms with Crippen LogP contribution in [0.5, 0.6) is 0 Å². The van der Waals surface area contributed by atoms with Crippen molar-refractivity contribution in [3.8, 4) is 0 Å². The lowest BCUT2D eigenvalue weighted by molar-refractivity contribution is -0.108. The summed E-state index contributed by atoms with van der Waals surface area (Å²) in [7, 11) is 0. The van der Waals surface area contributed by atoms with Crippen LogP contribution in [0.3, 0.4) is 0 Å².